The molecule has 4 aromatic rings. The summed E-state index contributed by atoms with van der Waals surface area (Å²) >= 11 is 3.41. The molecule has 6 heteroatoms. The first-order valence-electron chi connectivity index (χ1n) is 9.27. The molecule has 1 N–H and O–H groups in total. The van der Waals surface area contributed by atoms with Crippen LogP contribution in [0.2, 0.25) is 0 Å². The summed E-state index contributed by atoms with van der Waals surface area (Å²) in [5.74, 6) is 0.461. The third-order valence-electron chi connectivity index (χ3n) is 4.47. The number of para-hydroxylation sites is 1. The molecule has 0 aliphatic heterocycles. The van der Waals surface area contributed by atoms with Gasteiger partial charge in [0.15, 0.2) is 4.34 Å². The quantitative estimate of drug-likeness (QED) is 0.389. The summed E-state index contributed by atoms with van der Waals surface area (Å²) < 4.78 is 15.2. The highest BCUT2D eigenvalue weighted by Crippen LogP contribution is 2.31. The number of amides is 1. The number of hydrogen-bond acceptors (Lipinski definition) is 4. The smallest absolute Gasteiger partial charge is 0.251 e. The molecule has 0 atom stereocenters. The number of halogens is 1. The maximum absolute atomic E-state index is 12.9. The first-order valence-corrected chi connectivity index (χ1v) is 11.1. The zero-order valence-electron chi connectivity index (χ0n) is 15.6. The van der Waals surface area contributed by atoms with Gasteiger partial charge >= 0.3 is 0 Å². The Labute approximate surface area is 177 Å². The second-order valence-corrected chi connectivity index (χ2v) is 8.82. The largest absolute Gasteiger partial charge is 0.352 e. The molecule has 3 nitrogen and oxygen atoms in total. The van der Waals surface area contributed by atoms with E-state index in [1.165, 1.54) is 16.8 Å². The predicted octanol–water partition coefficient (Wildman–Crippen LogP) is 5.70. The number of rotatable bonds is 7. The van der Waals surface area contributed by atoms with Crippen molar-refractivity contribution in [2.45, 2.75) is 16.5 Å². The van der Waals surface area contributed by atoms with Crippen LogP contribution in [0.25, 0.3) is 10.2 Å². The number of aromatic nitrogens is 1. The lowest BCUT2D eigenvalue weighted by Crippen LogP contribution is -2.25. The molecule has 0 bridgehead atoms. The van der Waals surface area contributed by atoms with Crippen molar-refractivity contribution in [3.63, 3.8) is 0 Å². The zero-order valence-corrected chi connectivity index (χ0v) is 17.2. The van der Waals surface area contributed by atoms with Crippen molar-refractivity contribution >= 4 is 39.2 Å². The summed E-state index contributed by atoms with van der Waals surface area (Å²) in [5, 5.41) is 2.91. The number of nitrogens with zero attached hydrogens (tertiary/aromatic N) is 1. The number of thiazole rings is 1. The van der Waals surface area contributed by atoms with Gasteiger partial charge in [-0.25, -0.2) is 9.37 Å². The molecule has 0 spiro atoms. The minimum absolute atomic E-state index is 0.0995. The number of carbonyl (C=O) groups is 1. The van der Waals surface area contributed by atoms with Gasteiger partial charge in [0.1, 0.15) is 5.82 Å². The molecule has 146 valence electrons. The van der Waals surface area contributed by atoms with E-state index in [4.69, 9.17) is 0 Å². The standard InChI is InChI=1S/C23H19FN2OS2/c24-19-11-7-16(8-12-19)13-14-25-22(27)18-9-5-17(6-10-18)15-28-23-26-20-3-1-2-4-21(20)29-23/h1-12H,13-15H2,(H,25,27). The van der Waals surface area contributed by atoms with Gasteiger partial charge in [0.05, 0.1) is 10.2 Å². The van der Waals surface area contributed by atoms with E-state index in [0.717, 1.165) is 26.7 Å². The first-order chi connectivity index (χ1) is 14.2. The van der Waals surface area contributed by atoms with Crippen LogP contribution in [-0.2, 0) is 12.2 Å². The third kappa shape index (κ3) is 5.22. The van der Waals surface area contributed by atoms with Gasteiger partial charge in [-0.1, -0.05) is 48.2 Å². The third-order valence-corrected chi connectivity index (χ3v) is 6.72. The molecule has 0 radical (unpaired) electrons. The van der Waals surface area contributed by atoms with Crippen molar-refractivity contribution in [3.05, 3.63) is 95.3 Å². The second-order valence-electron chi connectivity index (χ2n) is 6.57. The fourth-order valence-electron chi connectivity index (χ4n) is 2.88. The molecule has 0 aliphatic carbocycles. The zero-order chi connectivity index (χ0) is 20.1. The Bertz CT molecular complexity index is 1070. The summed E-state index contributed by atoms with van der Waals surface area (Å²) in [6, 6.07) is 22.1. The molecule has 1 heterocycles. The van der Waals surface area contributed by atoms with Crippen LogP contribution in [0, 0.1) is 5.82 Å². The van der Waals surface area contributed by atoms with E-state index in [9.17, 15) is 9.18 Å². The van der Waals surface area contributed by atoms with Gasteiger partial charge < -0.3 is 5.32 Å². The van der Waals surface area contributed by atoms with Crippen molar-refractivity contribution in [3.8, 4) is 0 Å². The van der Waals surface area contributed by atoms with E-state index < -0.39 is 0 Å². The number of benzene rings is 3. The average molecular weight is 423 g/mol. The Balaban J connectivity index is 1.27. The molecule has 1 aromatic heterocycles. The Morgan fingerprint density at radius 3 is 2.45 bits per heavy atom. The number of carbonyl (C=O) groups excluding carboxylic acids is 1. The van der Waals surface area contributed by atoms with Crippen molar-refractivity contribution in [1.82, 2.24) is 10.3 Å². The van der Waals surface area contributed by atoms with Gasteiger partial charge in [-0.2, -0.15) is 0 Å². The average Bonchev–Trinajstić information content (AvgIpc) is 3.17. The number of hydrogen-bond donors (Lipinski definition) is 1. The maximum atomic E-state index is 12.9. The monoisotopic (exact) mass is 422 g/mol. The molecule has 0 aliphatic rings. The Morgan fingerprint density at radius 1 is 0.966 bits per heavy atom. The van der Waals surface area contributed by atoms with Crippen LogP contribution < -0.4 is 5.32 Å². The van der Waals surface area contributed by atoms with Crippen LogP contribution in [0.3, 0.4) is 0 Å². The lowest BCUT2D eigenvalue weighted by Gasteiger charge is -2.06. The van der Waals surface area contributed by atoms with E-state index >= 15 is 0 Å². The van der Waals surface area contributed by atoms with Crippen LogP contribution in [0.5, 0.6) is 0 Å². The molecule has 1 amide bonds. The lowest BCUT2D eigenvalue weighted by atomic mass is 10.1. The molecule has 0 saturated carbocycles. The summed E-state index contributed by atoms with van der Waals surface area (Å²) in [7, 11) is 0. The van der Waals surface area contributed by atoms with E-state index in [-0.39, 0.29) is 11.7 Å². The van der Waals surface area contributed by atoms with Crippen molar-refractivity contribution < 1.29 is 9.18 Å². The fourth-order valence-corrected chi connectivity index (χ4v) is 4.91. The second kappa shape index (κ2) is 9.20. The Morgan fingerprint density at radius 2 is 1.69 bits per heavy atom. The van der Waals surface area contributed by atoms with Gasteiger partial charge in [0.25, 0.3) is 5.91 Å². The topological polar surface area (TPSA) is 42.0 Å². The molecule has 0 fully saturated rings. The summed E-state index contributed by atoms with van der Waals surface area (Å²) in [6.45, 7) is 0.514. The summed E-state index contributed by atoms with van der Waals surface area (Å²) in [6.07, 6.45) is 0.670. The van der Waals surface area contributed by atoms with E-state index in [1.807, 2.05) is 42.5 Å². The molecule has 4 rings (SSSR count). The van der Waals surface area contributed by atoms with Gasteiger partial charge in [-0.15, -0.1) is 11.3 Å². The summed E-state index contributed by atoms with van der Waals surface area (Å²) in [4.78, 5) is 16.9. The van der Waals surface area contributed by atoms with E-state index in [1.54, 1.807) is 35.2 Å². The van der Waals surface area contributed by atoms with Crippen LogP contribution in [-0.4, -0.2) is 17.4 Å². The molecule has 3 aromatic carbocycles. The van der Waals surface area contributed by atoms with Crippen molar-refractivity contribution in [1.29, 1.82) is 0 Å². The van der Waals surface area contributed by atoms with Crippen LogP contribution in [0.1, 0.15) is 21.5 Å². The van der Waals surface area contributed by atoms with Crippen LogP contribution >= 0.6 is 23.1 Å². The van der Waals surface area contributed by atoms with Gasteiger partial charge in [-0.05, 0) is 53.9 Å². The highest BCUT2D eigenvalue weighted by Gasteiger charge is 2.07. The van der Waals surface area contributed by atoms with E-state index in [0.29, 0.717) is 18.5 Å². The summed E-state index contributed by atoms with van der Waals surface area (Å²) in [5.41, 5.74) is 3.82. The van der Waals surface area contributed by atoms with Crippen molar-refractivity contribution in [2.24, 2.45) is 0 Å². The van der Waals surface area contributed by atoms with Gasteiger partial charge in [-0.3, -0.25) is 4.79 Å². The first kappa shape index (κ1) is 19.6. The van der Waals surface area contributed by atoms with Crippen molar-refractivity contribution in [2.75, 3.05) is 6.54 Å². The van der Waals surface area contributed by atoms with Gasteiger partial charge in [0, 0.05) is 17.9 Å². The van der Waals surface area contributed by atoms with E-state index in [2.05, 4.69) is 16.4 Å². The number of fused-ring (bicyclic) bond motifs is 1. The minimum Gasteiger partial charge on any atom is -0.352 e. The highest BCUT2D eigenvalue weighted by atomic mass is 32.2. The highest BCUT2D eigenvalue weighted by molar-refractivity contribution is 8.00. The molecule has 0 unspecified atom stereocenters. The van der Waals surface area contributed by atoms with Crippen LogP contribution in [0.15, 0.2) is 77.1 Å². The number of thioether (sulfide) groups is 1. The maximum Gasteiger partial charge on any atom is 0.251 e. The number of nitrogens with one attached hydrogen (secondary N) is 1. The molecular formula is C23H19FN2OS2. The van der Waals surface area contributed by atoms with Gasteiger partial charge in [0.2, 0.25) is 0 Å². The SMILES string of the molecule is O=C(NCCc1ccc(F)cc1)c1ccc(CSc2nc3ccccc3s2)cc1. The molecular weight excluding hydrogens is 403 g/mol. The van der Waals surface area contributed by atoms with Crippen LogP contribution in [0.4, 0.5) is 4.39 Å². The lowest BCUT2D eigenvalue weighted by molar-refractivity contribution is 0.0954. The Hall–Kier alpha value is -2.70. The molecule has 0 saturated heterocycles. The predicted molar refractivity (Wildman–Crippen MR) is 118 cm³/mol. The fraction of sp³-hybridized carbons (Fsp3) is 0.130. The normalized spacial score (nSPS) is 10.9. The Kier molecular flexibility index (Phi) is 6.22. The molecule has 29 heavy (non-hydrogen) atoms. The minimum atomic E-state index is -0.251.